The lowest BCUT2D eigenvalue weighted by Crippen LogP contribution is -2.12. The molecule has 0 unspecified atom stereocenters. The van der Waals surface area contributed by atoms with Gasteiger partial charge in [-0.25, -0.2) is 9.78 Å². The highest BCUT2D eigenvalue weighted by Gasteiger charge is 2.25. The summed E-state index contributed by atoms with van der Waals surface area (Å²) in [5.74, 6) is -0.653. The molecule has 5 heteroatoms. The third-order valence-electron chi connectivity index (χ3n) is 3.10. The second-order valence-electron chi connectivity index (χ2n) is 4.21. The highest BCUT2D eigenvalue weighted by molar-refractivity contribution is 7.71. The molecule has 2 N–H and O–H groups in total. The Hall–Kier alpha value is -1.23. The maximum atomic E-state index is 11.2. The highest BCUT2D eigenvalue weighted by Crippen LogP contribution is 2.35. The van der Waals surface area contributed by atoms with Gasteiger partial charge >= 0.3 is 5.97 Å². The van der Waals surface area contributed by atoms with Gasteiger partial charge in [-0.05, 0) is 32.0 Å². The summed E-state index contributed by atoms with van der Waals surface area (Å²) in [4.78, 5) is 18.2. The summed E-state index contributed by atoms with van der Waals surface area (Å²) in [5, 5.41) is 9.20. The Morgan fingerprint density at radius 3 is 2.69 bits per heavy atom. The first-order chi connectivity index (χ1) is 7.59. The van der Waals surface area contributed by atoms with Crippen LogP contribution in [-0.4, -0.2) is 21.0 Å². The van der Waals surface area contributed by atoms with E-state index in [4.69, 9.17) is 12.2 Å². The zero-order chi connectivity index (χ0) is 11.7. The minimum atomic E-state index is -0.918. The maximum absolute atomic E-state index is 11.2. The number of carboxylic acid groups (broad SMARTS) is 1. The van der Waals surface area contributed by atoms with Gasteiger partial charge in [-0.1, -0.05) is 12.8 Å². The van der Waals surface area contributed by atoms with E-state index < -0.39 is 5.97 Å². The topological polar surface area (TPSA) is 66.0 Å². The van der Waals surface area contributed by atoms with Crippen LogP contribution in [0, 0.1) is 11.7 Å². The summed E-state index contributed by atoms with van der Waals surface area (Å²) in [6, 6.07) is 0. The number of aromatic nitrogens is 2. The Morgan fingerprint density at radius 2 is 2.12 bits per heavy atom. The van der Waals surface area contributed by atoms with Crippen LogP contribution in [-0.2, 0) is 0 Å². The van der Waals surface area contributed by atoms with Crippen LogP contribution in [0.1, 0.15) is 53.3 Å². The highest BCUT2D eigenvalue weighted by atomic mass is 32.1. The normalized spacial score (nSPS) is 16.6. The number of nitrogens with one attached hydrogen (secondary N) is 1. The Balaban J connectivity index is 2.56. The second kappa shape index (κ2) is 4.33. The average molecular weight is 238 g/mol. The predicted molar refractivity (Wildman–Crippen MR) is 62.3 cm³/mol. The maximum Gasteiger partial charge on any atom is 0.339 e. The van der Waals surface area contributed by atoms with Crippen molar-refractivity contribution in [3.05, 3.63) is 21.7 Å². The SMILES string of the molecule is Cc1[nH]c(=S)nc(C2CCCC2)c1C(=O)O. The molecule has 0 spiro atoms. The smallest absolute Gasteiger partial charge is 0.339 e. The predicted octanol–water partition coefficient (Wildman–Crippen LogP) is 2.80. The molecule has 1 saturated carbocycles. The van der Waals surface area contributed by atoms with Gasteiger partial charge in [0, 0.05) is 11.6 Å². The monoisotopic (exact) mass is 238 g/mol. The van der Waals surface area contributed by atoms with Gasteiger partial charge in [0.2, 0.25) is 0 Å². The molecule has 86 valence electrons. The Morgan fingerprint density at radius 1 is 1.50 bits per heavy atom. The number of aromatic amines is 1. The number of H-pyrrole nitrogens is 1. The molecular weight excluding hydrogens is 224 g/mol. The minimum Gasteiger partial charge on any atom is -0.478 e. The van der Waals surface area contributed by atoms with Crippen LogP contribution >= 0.6 is 12.2 Å². The summed E-state index contributed by atoms with van der Waals surface area (Å²) in [6.07, 6.45) is 4.34. The molecule has 4 nitrogen and oxygen atoms in total. The van der Waals surface area contributed by atoms with Crippen molar-refractivity contribution in [1.82, 2.24) is 9.97 Å². The molecule has 2 rings (SSSR count). The van der Waals surface area contributed by atoms with Crippen LogP contribution in [0.5, 0.6) is 0 Å². The average Bonchev–Trinajstić information content (AvgIpc) is 2.67. The van der Waals surface area contributed by atoms with Crippen LogP contribution in [0.3, 0.4) is 0 Å². The van der Waals surface area contributed by atoms with E-state index in [0.717, 1.165) is 25.7 Å². The van der Waals surface area contributed by atoms with Crippen molar-refractivity contribution in [2.24, 2.45) is 0 Å². The summed E-state index contributed by atoms with van der Waals surface area (Å²) in [6.45, 7) is 1.74. The van der Waals surface area contributed by atoms with E-state index in [9.17, 15) is 9.90 Å². The van der Waals surface area contributed by atoms with Gasteiger partial charge in [0.1, 0.15) is 5.56 Å². The molecule has 1 fully saturated rings. The summed E-state index contributed by atoms with van der Waals surface area (Å²) < 4.78 is 0.379. The van der Waals surface area contributed by atoms with Crippen LogP contribution < -0.4 is 0 Å². The molecule has 1 aromatic rings. The first-order valence-electron chi connectivity index (χ1n) is 5.43. The Labute approximate surface area is 98.7 Å². The number of carboxylic acids is 1. The molecule has 1 aliphatic rings. The molecule has 0 saturated heterocycles. The van der Waals surface area contributed by atoms with E-state index in [1.165, 1.54) is 0 Å². The molecule has 0 bridgehead atoms. The third kappa shape index (κ3) is 2.00. The van der Waals surface area contributed by atoms with E-state index in [1.54, 1.807) is 6.92 Å². The number of hydrogen-bond donors (Lipinski definition) is 2. The number of carbonyl (C=O) groups is 1. The number of aryl methyl sites for hydroxylation is 1. The van der Waals surface area contributed by atoms with E-state index in [1.807, 2.05) is 0 Å². The van der Waals surface area contributed by atoms with E-state index >= 15 is 0 Å². The lowest BCUT2D eigenvalue weighted by Gasteiger charge is -2.13. The van der Waals surface area contributed by atoms with Gasteiger partial charge in [-0.3, -0.25) is 0 Å². The van der Waals surface area contributed by atoms with Crippen molar-refractivity contribution in [2.75, 3.05) is 0 Å². The van der Waals surface area contributed by atoms with Gasteiger partial charge in [-0.2, -0.15) is 0 Å². The van der Waals surface area contributed by atoms with Crippen molar-refractivity contribution in [3.8, 4) is 0 Å². The Bertz CT molecular complexity index is 475. The van der Waals surface area contributed by atoms with Crippen molar-refractivity contribution in [1.29, 1.82) is 0 Å². The number of nitrogens with zero attached hydrogens (tertiary/aromatic N) is 1. The van der Waals surface area contributed by atoms with Gasteiger partial charge in [0.15, 0.2) is 4.77 Å². The van der Waals surface area contributed by atoms with E-state index in [0.29, 0.717) is 21.7 Å². The van der Waals surface area contributed by atoms with Crippen molar-refractivity contribution in [3.63, 3.8) is 0 Å². The second-order valence-corrected chi connectivity index (χ2v) is 4.60. The molecule has 0 aromatic carbocycles. The molecule has 1 heterocycles. The molecule has 0 amide bonds. The standard InChI is InChI=1S/C11H14N2O2S/c1-6-8(10(14)15)9(13-11(16)12-6)7-4-2-3-5-7/h7H,2-5H2,1H3,(H,14,15)(H,12,13,16). The molecule has 1 aliphatic carbocycles. The molecule has 0 atom stereocenters. The zero-order valence-electron chi connectivity index (χ0n) is 9.12. The van der Waals surface area contributed by atoms with Crippen LogP contribution in [0.15, 0.2) is 0 Å². The van der Waals surface area contributed by atoms with E-state index in [-0.39, 0.29) is 5.92 Å². The molecule has 16 heavy (non-hydrogen) atoms. The third-order valence-corrected chi connectivity index (χ3v) is 3.30. The molecular formula is C11H14N2O2S. The Kier molecular flexibility index (Phi) is 3.05. The van der Waals surface area contributed by atoms with Crippen molar-refractivity contribution in [2.45, 2.75) is 38.5 Å². The largest absolute Gasteiger partial charge is 0.478 e. The van der Waals surface area contributed by atoms with E-state index in [2.05, 4.69) is 9.97 Å². The lowest BCUT2D eigenvalue weighted by molar-refractivity contribution is 0.0693. The summed E-state index contributed by atoms with van der Waals surface area (Å²) in [5.41, 5.74) is 1.58. The summed E-state index contributed by atoms with van der Waals surface area (Å²) >= 11 is 5.01. The zero-order valence-corrected chi connectivity index (χ0v) is 9.93. The number of rotatable bonds is 2. The molecule has 1 aromatic heterocycles. The molecule has 0 radical (unpaired) electrons. The van der Waals surface area contributed by atoms with Gasteiger partial charge in [0.05, 0.1) is 5.69 Å². The first-order valence-corrected chi connectivity index (χ1v) is 5.84. The van der Waals surface area contributed by atoms with Gasteiger partial charge in [0.25, 0.3) is 0 Å². The van der Waals surface area contributed by atoms with Gasteiger partial charge in [-0.15, -0.1) is 0 Å². The fraction of sp³-hybridized carbons (Fsp3) is 0.545. The quantitative estimate of drug-likeness (QED) is 0.777. The molecule has 0 aliphatic heterocycles. The van der Waals surface area contributed by atoms with Gasteiger partial charge < -0.3 is 10.1 Å². The van der Waals surface area contributed by atoms with Crippen LogP contribution in [0.2, 0.25) is 0 Å². The number of hydrogen-bond acceptors (Lipinski definition) is 3. The van der Waals surface area contributed by atoms with Crippen molar-refractivity contribution >= 4 is 18.2 Å². The van der Waals surface area contributed by atoms with Crippen molar-refractivity contribution < 1.29 is 9.90 Å². The summed E-state index contributed by atoms with van der Waals surface area (Å²) in [7, 11) is 0. The fourth-order valence-electron chi connectivity index (χ4n) is 2.37. The minimum absolute atomic E-state index is 0.265. The fourth-order valence-corrected chi connectivity index (χ4v) is 2.62. The van der Waals surface area contributed by atoms with Crippen LogP contribution in [0.25, 0.3) is 0 Å². The number of aromatic carboxylic acids is 1. The first kappa shape index (κ1) is 11.3. The van der Waals surface area contributed by atoms with Crippen LogP contribution in [0.4, 0.5) is 0 Å². The lowest BCUT2D eigenvalue weighted by atomic mass is 9.98.